The van der Waals surface area contributed by atoms with Gasteiger partial charge in [0.15, 0.2) is 0 Å². The molecule has 0 N–H and O–H groups in total. The van der Waals surface area contributed by atoms with E-state index in [9.17, 15) is 0 Å². The fourth-order valence-electron chi connectivity index (χ4n) is 1.66. The van der Waals surface area contributed by atoms with E-state index in [1.54, 1.807) is 0 Å². The van der Waals surface area contributed by atoms with E-state index >= 15 is 0 Å². The van der Waals surface area contributed by atoms with Crippen molar-refractivity contribution in [2.45, 2.75) is 40.5 Å². The van der Waals surface area contributed by atoms with Gasteiger partial charge in [-0.1, -0.05) is 60.9 Å². The Balaban J connectivity index is 2.77. The topological polar surface area (TPSA) is 0 Å². The average Bonchev–Trinajstić information content (AvgIpc) is 2.27. The molecule has 0 atom stereocenters. The summed E-state index contributed by atoms with van der Waals surface area (Å²) in [6.07, 6.45) is 6.87. The van der Waals surface area contributed by atoms with Crippen LogP contribution in [0.1, 0.15) is 44.7 Å². The highest BCUT2D eigenvalue weighted by Crippen LogP contribution is 2.15. The van der Waals surface area contributed by atoms with Crippen LogP contribution in [0, 0.1) is 6.92 Å². The summed E-state index contributed by atoms with van der Waals surface area (Å²) in [6, 6.07) is 8.69. The van der Waals surface area contributed by atoms with E-state index in [0.29, 0.717) is 0 Å². The Morgan fingerprint density at radius 1 is 1.06 bits per heavy atom. The van der Waals surface area contributed by atoms with Crippen LogP contribution >= 0.6 is 0 Å². The fourth-order valence-corrected chi connectivity index (χ4v) is 1.66. The first-order valence-electron chi connectivity index (χ1n) is 6.04. The monoisotopic (exact) mass is 214 g/mol. The number of rotatable bonds is 4. The number of hydrogen-bond acceptors (Lipinski definition) is 0. The Hall–Kier alpha value is -1.30. The Bertz CT molecular complexity index is 377. The van der Waals surface area contributed by atoms with E-state index in [0.717, 1.165) is 0 Å². The Morgan fingerprint density at radius 3 is 2.25 bits per heavy atom. The third-order valence-corrected chi connectivity index (χ3v) is 2.77. The minimum absolute atomic E-state index is 1.19. The molecule has 86 valence electrons. The normalized spacial score (nSPS) is 13.0. The van der Waals surface area contributed by atoms with Gasteiger partial charge in [0.2, 0.25) is 0 Å². The van der Waals surface area contributed by atoms with Crippen LogP contribution in [-0.2, 0) is 0 Å². The molecule has 0 saturated heterocycles. The molecule has 1 aromatic carbocycles. The summed E-state index contributed by atoms with van der Waals surface area (Å²) in [6.45, 7) is 8.70. The second kappa shape index (κ2) is 6.32. The molecule has 0 saturated carbocycles. The Morgan fingerprint density at radius 2 is 1.69 bits per heavy atom. The SMILES string of the molecule is CCC/C(C)=C/C=C(\C)c1ccc(C)cc1. The Kier molecular flexibility index (Phi) is 5.04. The van der Waals surface area contributed by atoms with E-state index in [-0.39, 0.29) is 0 Å². The standard InChI is InChI=1S/C16H22/c1-5-6-13(2)7-10-15(4)16-11-8-14(3)9-12-16/h7-12H,5-6H2,1-4H3/b13-7+,15-10+. The predicted molar refractivity (Wildman–Crippen MR) is 73.5 cm³/mol. The molecule has 1 rings (SSSR count). The lowest BCUT2D eigenvalue weighted by Gasteiger charge is -2.01. The molecule has 0 bridgehead atoms. The summed E-state index contributed by atoms with van der Waals surface area (Å²) in [5.74, 6) is 0. The van der Waals surface area contributed by atoms with Crippen LogP contribution in [0.2, 0.25) is 0 Å². The van der Waals surface area contributed by atoms with Gasteiger partial charge in [-0.3, -0.25) is 0 Å². The first kappa shape index (κ1) is 12.8. The van der Waals surface area contributed by atoms with Gasteiger partial charge in [0.05, 0.1) is 0 Å². The highest BCUT2D eigenvalue weighted by atomic mass is 14.0. The molecule has 0 spiro atoms. The zero-order valence-electron chi connectivity index (χ0n) is 10.9. The van der Waals surface area contributed by atoms with E-state index in [1.165, 1.54) is 35.1 Å². The molecule has 0 aliphatic carbocycles. The third kappa shape index (κ3) is 4.06. The van der Waals surface area contributed by atoms with Gasteiger partial charge in [0, 0.05) is 0 Å². The molecular weight excluding hydrogens is 192 g/mol. The van der Waals surface area contributed by atoms with Crippen LogP contribution in [0.15, 0.2) is 42.0 Å². The van der Waals surface area contributed by atoms with Crippen molar-refractivity contribution in [2.75, 3.05) is 0 Å². The molecule has 0 unspecified atom stereocenters. The molecule has 0 aliphatic heterocycles. The minimum atomic E-state index is 1.19. The maximum Gasteiger partial charge on any atom is -0.0227 e. The van der Waals surface area contributed by atoms with Gasteiger partial charge in [-0.2, -0.15) is 0 Å². The van der Waals surface area contributed by atoms with E-state index in [4.69, 9.17) is 0 Å². The van der Waals surface area contributed by atoms with Gasteiger partial charge in [-0.05, 0) is 38.3 Å². The molecule has 0 fully saturated rings. The van der Waals surface area contributed by atoms with Crippen molar-refractivity contribution in [2.24, 2.45) is 0 Å². The smallest absolute Gasteiger partial charge is 0.0227 e. The van der Waals surface area contributed by atoms with Crippen molar-refractivity contribution in [1.29, 1.82) is 0 Å². The summed E-state index contributed by atoms with van der Waals surface area (Å²) in [5.41, 5.74) is 5.41. The highest BCUT2D eigenvalue weighted by Gasteiger charge is 1.93. The van der Waals surface area contributed by atoms with Crippen LogP contribution in [0.5, 0.6) is 0 Å². The van der Waals surface area contributed by atoms with Crippen molar-refractivity contribution < 1.29 is 0 Å². The Labute approximate surface area is 99.7 Å². The van der Waals surface area contributed by atoms with Gasteiger partial charge in [0.1, 0.15) is 0 Å². The molecule has 0 aliphatic rings. The fraction of sp³-hybridized carbons (Fsp3) is 0.375. The van der Waals surface area contributed by atoms with Crippen LogP contribution in [0.25, 0.3) is 5.57 Å². The lowest BCUT2D eigenvalue weighted by molar-refractivity contribution is 0.906. The maximum atomic E-state index is 2.23. The molecule has 0 amide bonds. The highest BCUT2D eigenvalue weighted by molar-refractivity contribution is 5.65. The summed E-state index contributed by atoms with van der Waals surface area (Å²) in [5, 5.41) is 0. The summed E-state index contributed by atoms with van der Waals surface area (Å²) < 4.78 is 0. The van der Waals surface area contributed by atoms with E-state index in [2.05, 4.69) is 64.1 Å². The second-order valence-electron chi connectivity index (χ2n) is 4.48. The van der Waals surface area contributed by atoms with Gasteiger partial charge in [0.25, 0.3) is 0 Å². The van der Waals surface area contributed by atoms with Gasteiger partial charge in [-0.25, -0.2) is 0 Å². The zero-order valence-corrected chi connectivity index (χ0v) is 10.9. The zero-order chi connectivity index (χ0) is 12.0. The largest absolute Gasteiger partial charge is 0.0733 e. The van der Waals surface area contributed by atoms with E-state index in [1.807, 2.05) is 0 Å². The molecule has 0 aromatic heterocycles. The predicted octanol–water partition coefficient (Wildman–Crippen LogP) is 5.14. The molecular formula is C16H22. The van der Waals surface area contributed by atoms with Crippen LogP contribution in [0.3, 0.4) is 0 Å². The summed E-state index contributed by atoms with van der Waals surface area (Å²) in [7, 11) is 0. The second-order valence-corrected chi connectivity index (χ2v) is 4.48. The van der Waals surface area contributed by atoms with Gasteiger partial charge < -0.3 is 0 Å². The molecule has 1 aromatic rings. The van der Waals surface area contributed by atoms with Crippen LogP contribution < -0.4 is 0 Å². The molecule has 16 heavy (non-hydrogen) atoms. The molecule has 0 nitrogen and oxygen atoms in total. The van der Waals surface area contributed by atoms with Crippen molar-refractivity contribution in [3.8, 4) is 0 Å². The molecule has 0 radical (unpaired) electrons. The third-order valence-electron chi connectivity index (χ3n) is 2.77. The van der Waals surface area contributed by atoms with Crippen molar-refractivity contribution in [1.82, 2.24) is 0 Å². The van der Waals surface area contributed by atoms with Gasteiger partial charge >= 0.3 is 0 Å². The molecule has 0 heteroatoms. The van der Waals surface area contributed by atoms with Crippen LogP contribution in [0.4, 0.5) is 0 Å². The van der Waals surface area contributed by atoms with E-state index < -0.39 is 0 Å². The van der Waals surface area contributed by atoms with Crippen molar-refractivity contribution in [3.63, 3.8) is 0 Å². The van der Waals surface area contributed by atoms with Crippen molar-refractivity contribution >= 4 is 5.57 Å². The molecule has 0 heterocycles. The first-order valence-corrected chi connectivity index (χ1v) is 6.04. The maximum absolute atomic E-state index is 2.23. The van der Waals surface area contributed by atoms with Gasteiger partial charge in [-0.15, -0.1) is 0 Å². The lowest BCUT2D eigenvalue weighted by Crippen LogP contribution is -1.80. The number of aryl methyl sites for hydroxylation is 1. The lowest BCUT2D eigenvalue weighted by atomic mass is 10.0. The summed E-state index contributed by atoms with van der Waals surface area (Å²) >= 11 is 0. The minimum Gasteiger partial charge on any atom is -0.0733 e. The summed E-state index contributed by atoms with van der Waals surface area (Å²) in [4.78, 5) is 0. The quantitative estimate of drug-likeness (QED) is 0.608. The first-order chi connectivity index (χ1) is 7.63. The number of hydrogen-bond donors (Lipinski definition) is 0. The number of allylic oxidation sites excluding steroid dienone is 4. The van der Waals surface area contributed by atoms with Crippen LogP contribution in [-0.4, -0.2) is 0 Å². The number of benzene rings is 1. The van der Waals surface area contributed by atoms with Crippen molar-refractivity contribution in [3.05, 3.63) is 53.1 Å². The average molecular weight is 214 g/mol.